The Morgan fingerprint density at radius 3 is 1.83 bits per heavy atom. The molecule has 0 bridgehead atoms. The summed E-state index contributed by atoms with van der Waals surface area (Å²) in [6.07, 6.45) is 4.55. The maximum Gasteiger partial charge on any atom is 0.166 e. The molecule has 164 valence electrons. The van der Waals surface area contributed by atoms with Gasteiger partial charge in [0.05, 0.1) is 7.11 Å². The molecule has 0 aliphatic rings. The molecule has 2 atom stereocenters. The minimum absolute atomic E-state index is 0.0291. The Balaban J connectivity index is 5.10. The highest BCUT2D eigenvalue weighted by atomic mass is 19.2. The number of ether oxygens (including phenoxy) is 1. The zero-order valence-corrected chi connectivity index (χ0v) is 18.0. The lowest BCUT2D eigenvalue weighted by Crippen LogP contribution is -2.06. The van der Waals surface area contributed by atoms with Crippen LogP contribution in [0.1, 0.15) is 26.7 Å². The van der Waals surface area contributed by atoms with Crippen LogP contribution in [0.5, 0.6) is 0 Å². The summed E-state index contributed by atoms with van der Waals surface area (Å²) >= 11 is 0. The maximum absolute atomic E-state index is 14.5. The van der Waals surface area contributed by atoms with Crippen LogP contribution in [0, 0.1) is 11.8 Å². The fraction of sp³-hybridized carbons (Fsp3) is 0.280. The van der Waals surface area contributed by atoms with E-state index in [0.717, 1.165) is 6.08 Å². The number of aliphatic hydroxyl groups is 1. The van der Waals surface area contributed by atoms with Crippen LogP contribution in [0.25, 0.3) is 0 Å². The van der Waals surface area contributed by atoms with Gasteiger partial charge in [-0.2, -0.15) is 0 Å². The first-order valence-corrected chi connectivity index (χ1v) is 9.31. The summed E-state index contributed by atoms with van der Waals surface area (Å²) in [7, 11) is 1.39. The van der Waals surface area contributed by atoms with Gasteiger partial charge in [0.2, 0.25) is 0 Å². The van der Waals surface area contributed by atoms with Gasteiger partial charge in [-0.1, -0.05) is 59.4 Å². The van der Waals surface area contributed by atoms with Crippen molar-refractivity contribution in [2.24, 2.45) is 11.8 Å². The summed E-state index contributed by atoms with van der Waals surface area (Å²) in [6.45, 7) is 24.7. The van der Waals surface area contributed by atoms with E-state index in [2.05, 4.69) is 39.5 Å². The molecule has 0 spiro atoms. The van der Waals surface area contributed by atoms with Crippen molar-refractivity contribution >= 4 is 0 Å². The van der Waals surface area contributed by atoms with E-state index in [1.807, 2.05) is 0 Å². The first-order chi connectivity index (χ1) is 13.8. The van der Waals surface area contributed by atoms with Gasteiger partial charge in [-0.15, -0.1) is 0 Å². The van der Waals surface area contributed by atoms with Crippen molar-refractivity contribution in [2.75, 3.05) is 7.11 Å². The second kappa shape index (κ2) is 12.6. The summed E-state index contributed by atoms with van der Waals surface area (Å²) in [5.41, 5.74) is 0.0718. The van der Waals surface area contributed by atoms with Crippen LogP contribution in [0.2, 0.25) is 0 Å². The predicted molar refractivity (Wildman–Crippen MR) is 120 cm³/mol. The van der Waals surface area contributed by atoms with Crippen LogP contribution in [-0.2, 0) is 4.74 Å². The Hall–Kier alpha value is -2.95. The van der Waals surface area contributed by atoms with Crippen LogP contribution in [-0.4, -0.2) is 12.2 Å². The molecule has 2 nitrogen and oxygen atoms in total. The summed E-state index contributed by atoms with van der Waals surface area (Å²) < 4.78 is 47.9. The third-order valence-electron chi connectivity index (χ3n) is 4.68. The van der Waals surface area contributed by atoms with E-state index >= 15 is 0 Å². The number of allylic oxidation sites excluding steroid dienone is 10. The summed E-state index contributed by atoms with van der Waals surface area (Å²) in [5.74, 6) is -3.53. The lowest BCUT2D eigenvalue weighted by atomic mass is 9.88. The molecular formula is C25H31F3O2. The van der Waals surface area contributed by atoms with Crippen molar-refractivity contribution in [1.82, 2.24) is 0 Å². The van der Waals surface area contributed by atoms with Crippen LogP contribution in [0.3, 0.4) is 0 Å². The monoisotopic (exact) mass is 420 g/mol. The number of halogens is 3. The Labute approximate surface area is 178 Å². The highest BCUT2D eigenvalue weighted by molar-refractivity contribution is 5.50. The molecule has 0 aromatic carbocycles. The second-order valence-electron chi connectivity index (χ2n) is 7.05. The molecule has 30 heavy (non-hydrogen) atoms. The molecule has 5 heteroatoms. The van der Waals surface area contributed by atoms with E-state index in [1.165, 1.54) is 19.3 Å². The quantitative estimate of drug-likeness (QED) is 0.241. The summed E-state index contributed by atoms with van der Waals surface area (Å²) in [4.78, 5) is 0. The third-order valence-corrected chi connectivity index (χ3v) is 4.68. The van der Waals surface area contributed by atoms with Crippen molar-refractivity contribution in [2.45, 2.75) is 26.7 Å². The van der Waals surface area contributed by atoms with Crippen molar-refractivity contribution in [3.63, 3.8) is 0 Å². The first kappa shape index (κ1) is 27.0. The van der Waals surface area contributed by atoms with Gasteiger partial charge in [-0.05, 0) is 47.5 Å². The van der Waals surface area contributed by atoms with Crippen molar-refractivity contribution < 1.29 is 23.0 Å². The predicted octanol–water partition coefficient (Wildman–Crippen LogP) is 8.06. The van der Waals surface area contributed by atoms with E-state index < -0.39 is 23.4 Å². The third kappa shape index (κ3) is 8.60. The van der Waals surface area contributed by atoms with Gasteiger partial charge in [0, 0.05) is 11.6 Å². The smallest absolute Gasteiger partial charge is 0.166 e. The molecule has 1 N–H and O–H groups in total. The van der Waals surface area contributed by atoms with E-state index in [1.54, 1.807) is 13.8 Å². The zero-order valence-electron chi connectivity index (χ0n) is 18.0. The van der Waals surface area contributed by atoms with Gasteiger partial charge >= 0.3 is 0 Å². The number of aliphatic hydroxyl groups excluding tert-OH is 1. The molecule has 0 fully saturated rings. The Kier molecular flexibility index (Phi) is 11.3. The number of methoxy groups -OCH3 is 1. The molecule has 2 unspecified atom stereocenters. The molecule has 0 saturated heterocycles. The van der Waals surface area contributed by atoms with Gasteiger partial charge in [0.25, 0.3) is 0 Å². The van der Waals surface area contributed by atoms with Crippen molar-refractivity contribution in [1.29, 1.82) is 0 Å². The standard InChI is InChI=1S/C25H31F3O2/c1-15(20(6)23(26)14-19(5)30-9)10-11-16(2)21(7)24(27)25(28)22(8)17(3)12-13-18(4)29/h12-16,29H,3-8,10-11H2,1-2,9H3/b13-12-,23-14+,25-24-. The minimum atomic E-state index is -1.17. The second-order valence-corrected chi connectivity index (χ2v) is 7.05. The number of hydrogen-bond acceptors (Lipinski definition) is 2. The average molecular weight is 421 g/mol. The molecule has 0 amide bonds. The number of hydrogen-bond donors (Lipinski definition) is 1. The normalized spacial score (nSPS) is 14.5. The van der Waals surface area contributed by atoms with E-state index in [9.17, 15) is 13.2 Å². The molecule has 0 heterocycles. The number of rotatable bonds is 13. The van der Waals surface area contributed by atoms with Crippen LogP contribution >= 0.6 is 0 Å². The van der Waals surface area contributed by atoms with E-state index in [4.69, 9.17) is 9.84 Å². The fourth-order valence-corrected chi connectivity index (χ4v) is 2.30. The lowest BCUT2D eigenvalue weighted by molar-refractivity contribution is 0.307. The first-order valence-electron chi connectivity index (χ1n) is 9.31. The minimum Gasteiger partial charge on any atom is -0.509 e. The maximum atomic E-state index is 14.5. The molecule has 0 aliphatic carbocycles. The van der Waals surface area contributed by atoms with Gasteiger partial charge in [-0.3, -0.25) is 0 Å². The highest BCUT2D eigenvalue weighted by Gasteiger charge is 2.20. The van der Waals surface area contributed by atoms with E-state index in [-0.39, 0.29) is 39.7 Å². The Bertz CT molecular complexity index is 825. The molecular weight excluding hydrogens is 389 g/mol. The van der Waals surface area contributed by atoms with Crippen molar-refractivity contribution in [3.8, 4) is 0 Å². The van der Waals surface area contributed by atoms with Gasteiger partial charge in [-0.25, -0.2) is 13.2 Å². The average Bonchev–Trinajstić information content (AvgIpc) is 2.72. The highest BCUT2D eigenvalue weighted by Crippen LogP contribution is 2.33. The molecule has 0 radical (unpaired) electrons. The van der Waals surface area contributed by atoms with Crippen LogP contribution in [0.4, 0.5) is 13.2 Å². The van der Waals surface area contributed by atoms with Gasteiger partial charge < -0.3 is 9.84 Å². The molecule has 0 rings (SSSR count). The molecule has 0 aliphatic heterocycles. The largest absolute Gasteiger partial charge is 0.509 e. The fourth-order valence-electron chi connectivity index (χ4n) is 2.30. The van der Waals surface area contributed by atoms with Crippen molar-refractivity contribution in [3.05, 3.63) is 109 Å². The SMILES string of the molecule is C=C(O)/C=C\C(=C)C(=C)/C(F)=C(/F)C(=C)C(C)CCC(C)C(=C)/C(F)=C\C(=C)OC. The molecule has 0 aromatic rings. The Morgan fingerprint density at radius 2 is 1.37 bits per heavy atom. The van der Waals surface area contributed by atoms with Gasteiger partial charge in [0.15, 0.2) is 11.7 Å². The lowest BCUT2D eigenvalue weighted by Gasteiger charge is -2.18. The zero-order chi connectivity index (χ0) is 23.6. The van der Waals surface area contributed by atoms with Gasteiger partial charge in [0.1, 0.15) is 17.3 Å². The topological polar surface area (TPSA) is 29.5 Å². The summed E-state index contributed by atoms with van der Waals surface area (Å²) in [6, 6.07) is 0. The molecule has 0 aromatic heterocycles. The Morgan fingerprint density at radius 1 is 0.867 bits per heavy atom. The van der Waals surface area contributed by atoms with E-state index in [0.29, 0.717) is 12.8 Å². The van der Waals surface area contributed by atoms with Crippen LogP contribution < -0.4 is 0 Å². The summed E-state index contributed by atoms with van der Waals surface area (Å²) in [5, 5.41) is 9.03. The molecule has 0 saturated carbocycles. The van der Waals surface area contributed by atoms with Crippen LogP contribution in [0.15, 0.2) is 109 Å².